The Bertz CT molecular complexity index is 1430. The van der Waals surface area contributed by atoms with Gasteiger partial charge in [0, 0.05) is 27.0 Å². The third-order valence-corrected chi connectivity index (χ3v) is 7.37. The van der Waals surface area contributed by atoms with Crippen LogP contribution in [-0.2, 0) is 16.0 Å². The number of thioether (sulfide) groups is 1. The zero-order valence-electron chi connectivity index (χ0n) is 24.3. The molecule has 0 spiro atoms. The summed E-state index contributed by atoms with van der Waals surface area (Å²) in [6, 6.07) is 17.0. The van der Waals surface area contributed by atoms with Crippen LogP contribution in [0.3, 0.4) is 0 Å². The molecule has 0 saturated carbocycles. The first-order chi connectivity index (χ1) is 20.3. The van der Waals surface area contributed by atoms with Gasteiger partial charge in [0.2, 0.25) is 24.2 Å². The normalized spacial score (nSPS) is 13.3. The number of primary amides is 1. The van der Waals surface area contributed by atoms with Gasteiger partial charge in [-0.25, -0.2) is 0 Å². The summed E-state index contributed by atoms with van der Waals surface area (Å²) in [5.74, 6) is -2.34. The monoisotopic (exact) mass is 608 g/mol. The molecule has 3 aromatic rings. The Morgan fingerprint density at radius 3 is 2.26 bits per heavy atom. The van der Waals surface area contributed by atoms with Crippen LogP contribution in [-0.4, -0.2) is 63.4 Å². The molecule has 2 aromatic carbocycles. The number of carbonyl (C=O) groups is 4. The van der Waals surface area contributed by atoms with E-state index in [1.807, 2.05) is 51.1 Å². The lowest BCUT2D eigenvalue weighted by molar-refractivity contribution is -0.904. The Balaban J connectivity index is 1.79. The second kappa shape index (κ2) is 15.2. The molecule has 43 heavy (non-hydrogen) atoms. The van der Waals surface area contributed by atoms with E-state index in [0.29, 0.717) is 15.2 Å². The first-order valence-corrected chi connectivity index (χ1v) is 14.7. The molecule has 1 heterocycles. The molecule has 11 nitrogen and oxygen atoms in total. The predicted octanol–water partition coefficient (Wildman–Crippen LogP) is 1.59. The number of hydrogen-bond acceptors (Lipinski definition) is 7. The van der Waals surface area contributed by atoms with Crippen LogP contribution >= 0.6 is 11.8 Å². The largest absolute Gasteiger partial charge is 0.390 e. The van der Waals surface area contributed by atoms with Crippen molar-refractivity contribution in [3.63, 3.8) is 0 Å². The minimum absolute atomic E-state index is 0.0544. The second-order valence-corrected chi connectivity index (χ2v) is 12.1. The van der Waals surface area contributed by atoms with Crippen molar-refractivity contribution in [2.24, 2.45) is 5.73 Å². The fourth-order valence-electron chi connectivity index (χ4n) is 4.16. The number of nitrogens with zero attached hydrogens (tertiary/aromatic N) is 1. The van der Waals surface area contributed by atoms with Gasteiger partial charge in [-0.3, -0.25) is 24.4 Å². The number of pyridine rings is 1. The minimum Gasteiger partial charge on any atom is -0.390 e. The van der Waals surface area contributed by atoms with E-state index in [9.17, 15) is 29.5 Å². The average molecular weight is 609 g/mol. The summed E-state index contributed by atoms with van der Waals surface area (Å²) in [6.45, 7) is 5.66. The van der Waals surface area contributed by atoms with Crippen LogP contribution in [0.4, 0.5) is 0 Å². The number of aliphatic hydroxyl groups excluding tert-OH is 1. The zero-order chi connectivity index (χ0) is 31.6. The lowest BCUT2D eigenvalue weighted by atomic mass is 10.0. The van der Waals surface area contributed by atoms with Gasteiger partial charge in [0.15, 0.2) is 0 Å². The van der Waals surface area contributed by atoms with E-state index >= 15 is 0 Å². The number of amides is 4. The lowest BCUT2D eigenvalue weighted by Gasteiger charge is -2.27. The molecular formula is C31H38N5O6S+. The summed E-state index contributed by atoms with van der Waals surface area (Å²) in [6.07, 6.45) is 1.14. The molecule has 228 valence electrons. The Morgan fingerprint density at radius 2 is 1.60 bits per heavy atom. The van der Waals surface area contributed by atoms with Gasteiger partial charge >= 0.3 is 0 Å². The van der Waals surface area contributed by atoms with E-state index in [1.165, 1.54) is 30.1 Å². The summed E-state index contributed by atoms with van der Waals surface area (Å²) in [5, 5.41) is 29.2. The smallest absolute Gasteiger partial charge is 0.258 e. The third-order valence-electron chi connectivity index (χ3n) is 6.20. The van der Waals surface area contributed by atoms with Gasteiger partial charge in [-0.15, -0.1) is 11.8 Å². The van der Waals surface area contributed by atoms with Gasteiger partial charge in [-0.05, 0) is 51.0 Å². The summed E-state index contributed by atoms with van der Waals surface area (Å²) >= 11 is 1.27. The summed E-state index contributed by atoms with van der Waals surface area (Å²) in [5.41, 5.74) is 6.30. The standard InChI is InChI=1S/C31H37N5O6S/c1-31(2,3)35-29(40)22-13-7-8-14-26(22)43-19-25(37)23(16-20-10-5-4-6-11-20)33-30(41)24(17-27(32)38)34-28(39)21-12-9-15-36(42)18-21/h4-15,18,23-25,37H,16-17,19H2,1-3H3,(H5-,32,33,34,35,38,39,40,41,42)/p+1/t23-,24-,25-/m0/s1. The molecule has 7 N–H and O–H groups in total. The highest BCUT2D eigenvalue weighted by Crippen LogP contribution is 2.25. The van der Waals surface area contributed by atoms with Crippen LogP contribution in [0.2, 0.25) is 0 Å². The van der Waals surface area contributed by atoms with E-state index in [-0.39, 0.29) is 23.6 Å². The van der Waals surface area contributed by atoms with Gasteiger partial charge < -0.3 is 26.8 Å². The highest BCUT2D eigenvalue weighted by molar-refractivity contribution is 7.99. The molecule has 0 radical (unpaired) electrons. The molecule has 12 heteroatoms. The molecule has 0 aliphatic heterocycles. The van der Waals surface area contributed by atoms with Crippen molar-refractivity contribution >= 4 is 35.4 Å². The van der Waals surface area contributed by atoms with Crippen molar-refractivity contribution in [2.45, 2.75) is 62.2 Å². The van der Waals surface area contributed by atoms with E-state index in [4.69, 9.17) is 5.73 Å². The van der Waals surface area contributed by atoms with Crippen molar-refractivity contribution in [1.82, 2.24) is 16.0 Å². The van der Waals surface area contributed by atoms with E-state index < -0.39 is 47.9 Å². The van der Waals surface area contributed by atoms with Crippen LogP contribution in [0.15, 0.2) is 84.0 Å². The van der Waals surface area contributed by atoms with Gasteiger partial charge in [0.25, 0.3) is 11.8 Å². The molecule has 0 fully saturated rings. The molecule has 0 aliphatic carbocycles. The molecule has 0 bridgehead atoms. The molecule has 1 aromatic heterocycles. The molecule has 0 saturated heterocycles. The molecule has 4 amide bonds. The minimum atomic E-state index is -1.34. The van der Waals surface area contributed by atoms with Crippen LogP contribution in [0.5, 0.6) is 0 Å². The van der Waals surface area contributed by atoms with Gasteiger partial charge in [-0.2, -0.15) is 0 Å². The van der Waals surface area contributed by atoms with Crippen LogP contribution < -0.4 is 26.4 Å². The van der Waals surface area contributed by atoms with Gasteiger partial charge in [0.05, 0.1) is 24.1 Å². The van der Waals surface area contributed by atoms with Crippen molar-refractivity contribution < 1.29 is 34.2 Å². The number of hydrogen-bond donors (Lipinski definition) is 6. The first kappa shape index (κ1) is 33.1. The van der Waals surface area contributed by atoms with Gasteiger partial charge in [0.1, 0.15) is 11.6 Å². The molecule has 3 rings (SSSR count). The summed E-state index contributed by atoms with van der Waals surface area (Å²) in [7, 11) is 0. The van der Waals surface area contributed by atoms with Crippen LogP contribution in [0, 0.1) is 0 Å². The Labute approximate surface area is 254 Å². The fourth-order valence-corrected chi connectivity index (χ4v) is 5.24. The Kier molecular flexibility index (Phi) is 11.7. The zero-order valence-corrected chi connectivity index (χ0v) is 25.1. The van der Waals surface area contributed by atoms with E-state index in [2.05, 4.69) is 16.0 Å². The lowest BCUT2D eigenvalue weighted by Crippen LogP contribution is -2.54. The Morgan fingerprint density at radius 1 is 0.930 bits per heavy atom. The van der Waals surface area contributed by atoms with Crippen LogP contribution in [0.1, 0.15) is 53.5 Å². The maximum absolute atomic E-state index is 13.4. The number of rotatable bonds is 13. The maximum atomic E-state index is 13.4. The third kappa shape index (κ3) is 10.7. The van der Waals surface area contributed by atoms with E-state index in [1.54, 1.807) is 24.3 Å². The number of aliphatic hydroxyl groups is 1. The van der Waals surface area contributed by atoms with Gasteiger partial charge in [-0.1, -0.05) is 42.5 Å². The average Bonchev–Trinajstić information content (AvgIpc) is 2.94. The molecule has 0 aliphatic rings. The molecular weight excluding hydrogens is 570 g/mol. The maximum Gasteiger partial charge on any atom is 0.258 e. The predicted molar refractivity (Wildman–Crippen MR) is 161 cm³/mol. The number of benzene rings is 2. The summed E-state index contributed by atoms with van der Waals surface area (Å²) < 4.78 is 0.687. The number of carbonyl (C=O) groups excluding carboxylic acids is 4. The SMILES string of the molecule is CC(C)(C)NC(=O)c1ccccc1SC[C@H](O)[C@H](Cc1ccccc1)NC(=O)[C@H](CC(N)=O)NC(=O)c1ccc[n+](O)c1. The first-order valence-electron chi connectivity index (χ1n) is 13.7. The Hall–Kier alpha value is -4.42. The van der Waals surface area contributed by atoms with Crippen molar-refractivity contribution in [1.29, 1.82) is 0 Å². The fraction of sp³-hybridized carbons (Fsp3) is 0.323. The number of nitrogens with two attached hydrogens (primary N) is 1. The molecule has 3 atom stereocenters. The van der Waals surface area contributed by atoms with Crippen molar-refractivity contribution in [3.8, 4) is 0 Å². The summed E-state index contributed by atoms with van der Waals surface area (Å²) in [4.78, 5) is 51.5. The second-order valence-electron chi connectivity index (χ2n) is 11.1. The van der Waals surface area contributed by atoms with Crippen LogP contribution in [0.25, 0.3) is 0 Å². The number of aromatic nitrogens is 1. The topological polar surface area (TPSA) is 175 Å². The quantitative estimate of drug-likeness (QED) is 0.0971. The highest BCUT2D eigenvalue weighted by Gasteiger charge is 2.29. The number of nitrogens with one attached hydrogen (secondary N) is 3. The molecule has 0 unspecified atom stereocenters. The van der Waals surface area contributed by atoms with Crippen molar-refractivity contribution in [2.75, 3.05) is 5.75 Å². The van der Waals surface area contributed by atoms with Crippen molar-refractivity contribution in [3.05, 3.63) is 95.8 Å². The highest BCUT2D eigenvalue weighted by atomic mass is 32.2. The van der Waals surface area contributed by atoms with E-state index in [0.717, 1.165) is 11.8 Å².